The van der Waals surface area contributed by atoms with E-state index in [1.165, 1.54) is 12.8 Å². The molecule has 2 fully saturated rings. The highest BCUT2D eigenvalue weighted by Gasteiger charge is 2.50. The number of piperazine rings is 1. The molecular formula is C14H25F3N2S. The van der Waals surface area contributed by atoms with E-state index in [4.69, 9.17) is 0 Å². The number of rotatable bonds is 5. The second-order valence-corrected chi connectivity index (χ2v) is 7.77. The second-order valence-electron chi connectivity index (χ2n) is 6.61. The maximum Gasteiger partial charge on any atom is 0.441 e. The first kappa shape index (κ1) is 16.4. The first-order chi connectivity index (χ1) is 9.19. The van der Waals surface area contributed by atoms with Crippen LogP contribution in [-0.2, 0) is 0 Å². The van der Waals surface area contributed by atoms with Gasteiger partial charge in [-0.2, -0.15) is 13.2 Å². The van der Waals surface area contributed by atoms with E-state index in [0.717, 1.165) is 19.5 Å². The molecule has 2 atom stereocenters. The summed E-state index contributed by atoms with van der Waals surface area (Å²) in [5, 5.41) is 3.62. The van der Waals surface area contributed by atoms with Gasteiger partial charge in [0.2, 0.25) is 0 Å². The quantitative estimate of drug-likeness (QED) is 0.837. The molecule has 1 aliphatic heterocycles. The summed E-state index contributed by atoms with van der Waals surface area (Å²) in [5.41, 5.74) is -4.06. The molecule has 1 saturated carbocycles. The van der Waals surface area contributed by atoms with Crippen molar-refractivity contribution in [2.75, 3.05) is 25.4 Å². The van der Waals surface area contributed by atoms with Gasteiger partial charge in [0.25, 0.3) is 0 Å². The average Bonchev–Trinajstić information content (AvgIpc) is 3.17. The first-order valence-electron chi connectivity index (χ1n) is 7.39. The molecule has 2 unspecified atom stereocenters. The lowest BCUT2D eigenvalue weighted by Gasteiger charge is -2.52. The number of thioether (sulfide) groups is 1. The Morgan fingerprint density at radius 2 is 1.95 bits per heavy atom. The van der Waals surface area contributed by atoms with Crippen LogP contribution in [0.4, 0.5) is 13.2 Å². The molecule has 2 aliphatic rings. The van der Waals surface area contributed by atoms with E-state index in [9.17, 15) is 13.2 Å². The van der Waals surface area contributed by atoms with Gasteiger partial charge in [0, 0.05) is 36.5 Å². The zero-order chi connectivity index (χ0) is 15.0. The molecule has 20 heavy (non-hydrogen) atoms. The van der Waals surface area contributed by atoms with Crippen LogP contribution in [0.1, 0.15) is 40.0 Å². The zero-order valence-corrected chi connectivity index (χ0v) is 13.3. The van der Waals surface area contributed by atoms with Crippen LogP contribution in [0, 0.1) is 5.92 Å². The maximum atomic E-state index is 12.3. The van der Waals surface area contributed by atoms with Gasteiger partial charge in [-0.25, -0.2) is 0 Å². The maximum absolute atomic E-state index is 12.3. The van der Waals surface area contributed by atoms with Crippen LogP contribution in [0.25, 0.3) is 0 Å². The van der Waals surface area contributed by atoms with Crippen molar-refractivity contribution in [1.82, 2.24) is 10.2 Å². The molecule has 1 heterocycles. The lowest BCUT2D eigenvalue weighted by atomic mass is 9.84. The van der Waals surface area contributed by atoms with Gasteiger partial charge in [-0.1, -0.05) is 6.92 Å². The minimum Gasteiger partial charge on any atom is -0.308 e. The van der Waals surface area contributed by atoms with E-state index in [0.29, 0.717) is 12.5 Å². The Morgan fingerprint density at radius 3 is 2.45 bits per heavy atom. The summed E-state index contributed by atoms with van der Waals surface area (Å²) in [6, 6.07) is 0. The molecule has 0 amide bonds. The molecule has 6 heteroatoms. The highest BCUT2D eigenvalue weighted by atomic mass is 32.2. The topological polar surface area (TPSA) is 15.3 Å². The molecule has 2 rings (SSSR count). The van der Waals surface area contributed by atoms with Crippen molar-refractivity contribution >= 4 is 11.8 Å². The summed E-state index contributed by atoms with van der Waals surface area (Å²) in [6.07, 6.45) is 3.42. The first-order valence-corrected chi connectivity index (χ1v) is 8.38. The molecule has 0 spiro atoms. The van der Waals surface area contributed by atoms with E-state index in [1.807, 2.05) is 0 Å². The van der Waals surface area contributed by atoms with Gasteiger partial charge in [0.05, 0.1) is 0 Å². The van der Waals surface area contributed by atoms with Crippen molar-refractivity contribution in [3.05, 3.63) is 0 Å². The third-order valence-electron chi connectivity index (χ3n) is 5.00. The summed E-state index contributed by atoms with van der Waals surface area (Å²) in [6.45, 7) is 8.77. The number of nitrogens with zero attached hydrogens (tertiary/aromatic N) is 1. The van der Waals surface area contributed by atoms with Crippen LogP contribution in [0.15, 0.2) is 0 Å². The average molecular weight is 310 g/mol. The lowest BCUT2D eigenvalue weighted by Crippen LogP contribution is -2.69. The summed E-state index contributed by atoms with van der Waals surface area (Å²) in [7, 11) is 0. The molecule has 1 saturated heterocycles. The number of alkyl halides is 3. The Morgan fingerprint density at radius 1 is 1.30 bits per heavy atom. The number of hydrogen-bond acceptors (Lipinski definition) is 3. The van der Waals surface area contributed by atoms with E-state index in [2.05, 4.69) is 31.0 Å². The molecule has 0 aromatic rings. The molecule has 2 nitrogen and oxygen atoms in total. The predicted molar refractivity (Wildman–Crippen MR) is 77.9 cm³/mol. The molecule has 0 aromatic heterocycles. The van der Waals surface area contributed by atoms with E-state index >= 15 is 0 Å². The molecule has 0 radical (unpaired) electrons. The summed E-state index contributed by atoms with van der Waals surface area (Å²) in [5.74, 6) is 0.776. The van der Waals surface area contributed by atoms with Gasteiger partial charge in [0.1, 0.15) is 0 Å². The second kappa shape index (κ2) is 5.69. The van der Waals surface area contributed by atoms with Crippen LogP contribution >= 0.6 is 11.8 Å². The van der Waals surface area contributed by atoms with Crippen molar-refractivity contribution in [3.63, 3.8) is 0 Å². The lowest BCUT2D eigenvalue weighted by molar-refractivity contribution is -0.0335. The van der Waals surface area contributed by atoms with Crippen molar-refractivity contribution < 1.29 is 13.2 Å². The molecule has 1 aliphatic carbocycles. The molecule has 118 valence electrons. The summed E-state index contributed by atoms with van der Waals surface area (Å²) >= 11 is 0.106. The molecule has 1 N–H and O–H groups in total. The Bertz CT molecular complexity index is 346. The van der Waals surface area contributed by atoms with Crippen molar-refractivity contribution in [2.24, 2.45) is 5.92 Å². The Hall–Kier alpha value is 0.0600. The standard InChI is InChI=1S/C14H25F3N2S/c1-4-12(2)10-19(7-8-20-14(15,16)17)13(3,9-18-12)11-5-6-11/h11,18H,4-10H2,1-3H3. The van der Waals surface area contributed by atoms with Crippen molar-refractivity contribution in [1.29, 1.82) is 0 Å². The summed E-state index contributed by atoms with van der Waals surface area (Å²) in [4.78, 5) is 2.31. The smallest absolute Gasteiger partial charge is 0.308 e. The highest BCUT2D eigenvalue weighted by Crippen LogP contribution is 2.45. The van der Waals surface area contributed by atoms with Gasteiger partial charge in [-0.05, 0) is 50.8 Å². The predicted octanol–water partition coefficient (Wildman–Crippen LogP) is 3.48. The van der Waals surface area contributed by atoms with Crippen LogP contribution in [-0.4, -0.2) is 46.9 Å². The SMILES string of the molecule is CCC1(C)CN(CCSC(F)(F)F)C(C)(C2CC2)CN1. The minimum atomic E-state index is -4.11. The third-order valence-corrected chi connectivity index (χ3v) is 5.71. The Balaban J connectivity index is 1.99. The summed E-state index contributed by atoms with van der Waals surface area (Å²) < 4.78 is 37.0. The largest absolute Gasteiger partial charge is 0.441 e. The van der Waals surface area contributed by atoms with Crippen LogP contribution in [0.5, 0.6) is 0 Å². The van der Waals surface area contributed by atoms with Crippen LogP contribution in [0.3, 0.4) is 0 Å². The monoisotopic (exact) mass is 310 g/mol. The normalized spacial score (nSPS) is 36.3. The number of nitrogens with one attached hydrogen (secondary N) is 1. The fraction of sp³-hybridized carbons (Fsp3) is 1.00. The highest BCUT2D eigenvalue weighted by molar-refractivity contribution is 8.00. The van der Waals surface area contributed by atoms with E-state index in [-0.39, 0.29) is 28.6 Å². The van der Waals surface area contributed by atoms with Crippen molar-refractivity contribution in [3.8, 4) is 0 Å². The Kier molecular flexibility index (Phi) is 4.67. The zero-order valence-electron chi connectivity index (χ0n) is 12.5. The van der Waals surface area contributed by atoms with Crippen molar-refractivity contribution in [2.45, 2.75) is 56.6 Å². The van der Waals surface area contributed by atoms with Gasteiger partial charge in [-0.3, -0.25) is 4.90 Å². The van der Waals surface area contributed by atoms with Crippen LogP contribution < -0.4 is 5.32 Å². The Labute approximate surface area is 123 Å². The number of hydrogen-bond donors (Lipinski definition) is 1. The third kappa shape index (κ3) is 3.83. The van der Waals surface area contributed by atoms with E-state index in [1.54, 1.807) is 0 Å². The molecular weight excluding hydrogens is 285 g/mol. The molecule has 0 bridgehead atoms. The minimum absolute atomic E-state index is 0.0251. The van der Waals surface area contributed by atoms with Gasteiger partial charge in [0.15, 0.2) is 0 Å². The van der Waals surface area contributed by atoms with Gasteiger partial charge < -0.3 is 5.32 Å². The van der Waals surface area contributed by atoms with Gasteiger partial charge >= 0.3 is 5.51 Å². The number of halogens is 3. The fourth-order valence-electron chi connectivity index (χ4n) is 3.11. The fourth-order valence-corrected chi connectivity index (χ4v) is 3.66. The van der Waals surface area contributed by atoms with E-state index < -0.39 is 5.51 Å². The molecule has 0 aromatic carbocycles. The van der Waals surface area contributed by atoms with Gasteiger partial charge in [-0.15, -0.1) is 0 Å². The van der Waals surface area contributed by atoms with Crippen LogP contribution in [0.2, 0.25) is 0 Å².